The van der Waals surface area contributed by atoms with Crippen molar-refractivity contribution in [2.75, 3.05) is 20.3 Å². The Kier molecular flexibility index (Phi) is 21.7. The molecule has 1 unspecified atom stereocenters. The molecule has 5 nitrogen and oxygen atoms in total. The first-order valence-corrected chi connectivity index (χ1v) is 14.0. The summed E-state index contributed by atoms with van der Waals surface area (Å²) in [5, 5.41) is 0. The molecule has 196 valence electrons. The third kappa shape index (κ3) is 17.8. The predicted molar refractivity (Wildman–Crippen MR) is 139 cm³/mol. The van der Waals surface area contributed by atoms with Gasteiger partial charge in [0.15, 0.2) is 0 Å². The van der Waals surface area contributed by atoms with Gasteiger partial charge in [-0.3, -0.25) is 4.90 Å². The fraction of sp³-hybridized carbons (Fsp3) is 0.929. The van der Waals surface area contributed by atoms with Gasteiger partial charge in [0.2, 0.25) is 0 Å². The fourth-order valence-corrected chi connectivity index (χ4v) is 4.16. The highest BCUT2D eigenvalue weighted by molar-refractivity contribution is 5.81. The van der Waals surface area contributed by atoms with Crippen LogP contribution < -0.4 is 0 Å². The van der Waals surface area contributed by atoms with Crippen molar-refractivity contribution in [1.29, 1.82) is 0 Å². The van der Waals surface area contributed by atoms with Gasteiger partial charge in [-0.15, -0.1) is 0 Å². The van der Waals surface area contributed by atoms with Gasteiger partial charge >= 0.3 is 12.1 Å². The van der Waals surface area contributed by atoms with Crippen LogP contribution in [0, 0.1) is 5.92 Å². The molecule has 0 spiro atoms. The monoisotopic (exact) mass is 469 g/mol. The number of esters is 1. The fourth-order valence-electron chi connectivity index (χ4n) is 4.16. The molecular formula is C28H55NO4. The molecule has 33 heavy (non-hydrogen) atoms. The quantitative estimate of drug-likeness (QED) is 0.118. The molecule has 0 N–H and O–H groups in total. The van der Waals surface area contributed by atoms with Crippen molar-refractivity contribution >= 4 is 12.1 Å². The van der Waals surface area contributed by atoms with Crippen LogP contribution in [0.1, 0.15) is 137 Å². The number of unbranched alkanes of at least 4 members (excludes halogenated alkanes) is 15. The summed E-state index contributed by atoms with van der Waals surface area (Å²) < 4.78 is 10.9. The standard InChI is InChI=1S/C28H55NO4/c1-6-8-10-12-14-16-18-19-21-23-32-27(30)26(25(3)4)29(5)28(31)33-24-22-20-17-15-13-11-9-7-2/h25-26H,6-24H2,1-5H3. The van der Waals surface area contributed by atoms with Gasteiger partial charge in [-0.1, -0.05) is 124 Å². The highest BCUT2D eigenvalue weighted by atomic mass is 16.6. The lowest BCUT2D eigenvalue weighted by molar-refractivity contribution is -0.150. The van der Waals surface area contributed by atoms with Crippen LogP contribution in [0.3, 0.4) is 0 Å². The first kappa shape index (κ1) is 31.7. The van der Waals surface area contributed by atoms with Crippen LogP contribution in [0.4, 0.5) is 4.79 Å². The highest BCUT2D eigenvalue weighted by Crippen LogP contribution is 2.15. The van der Waals surface area contributed by atoms with Gasteiger partial charge < -0.3 is 9.47 Å². The summed E-state index contributed by atoms with van der Waals surface area (Å²) in [5.74, 6) is -0.350. The van der Waals surface area contributed by atoms with Gasteiger partial charge in [0.1, 0.15) is 6.04 Å². The summed E-state index contributed by atoms with van der Waals surface area (Å²) in [5.41, 5.74) is 0. The molecule has 0 aliphatic rings. The van der Waals surface area contributed by atoms with E-state index < -0.39 is 12.1 Å². The third-order valence-corrected chi connectivity index (χ3v) is 6.29. The van der Waals surface area contributed by atoms with Crippen molar-refractivity contribution in [2.45, 2.75) is 143 Å². The minimum atomic E-state index is -0.602. The molecule has 0 saturated heterocycles. The molecular weight excluding hydrogens is 414 g/mol. The smallest absolute Gasteiger partial charge is 0.410 e. The van der Waals surface area contributed by atoms with Gasteiger partial charge in [0.25, 0.3) is 0 Å². The second kappa shape index (κ2) is 22.5. The van der Waals surface area contributed by atoms with E-state index in [1.807, 2.05) is 13.8 Å². The zero-order valence-corrected chi connectivity index (χ0v) is 22.7. The van der Waals surface area contributed by atoms with Gasteiger partial charge in [-0.05, 0) is 18.8 Å². The minimum absolute atomic E-state index is 0.0266. The third-order valence-electron chi connectivity index (χ3n) is 6.29. The Labute approximate surface area is 205 Å². The molecule has 0 heterocycles. The Hall–Kier alpha value is -1.26. The maximum absolute atomic E-state index is 12.6. The maximum atomic E-state index is 12.6. The van der Waals surface area contributed by atoms with Crippen LogP contribution in [0.25, 0.3) is 0 Å². The van der Waals surface area contributed by atoms with Crippen molar-refractivity contribution in [3.63, 3.8) is 0 Å². The van der Waals surface area contributed by atoms with E-state index in [1.165, 1.54) is 88.4 Å². The van der Waals surface area contributed by atoms with E-state index in [4.69, 9.17) is 9.47 Å². The molecule has 0 saturated carbocycles. The average Bonchev–Trinajstić information content (AvgIpc) is 2.78. The van der Waals surface area contributed by atoms with E-state index in [2.05, 4.69) is 13.8 Å². The molecule has 0 aliphatic heterocycles. The number of likely N-dealkylation sites (N-methyl/N-ethyl adjacent to an activating group) is 1. The molecule has 0 fully saturated rings. The number of carbonyl (C=O) groups excluding carboxylic acids is 2. The zero-order chi connectivity index (χ0) is 24.7. The van der Waals surface area contributed by atoms with Gasteiger partial charge in [-0.2, -0.15) is 0 Å². The number of carbonyl (C=O) groups is 2. The van der Waals surface area contributed by atoms with Crippen LogP contribution >= 0.6 is 0 Å². The molecule has 0 aliphatic carbocycles. The molecule has 1 amide bonds. The Bertz CT molecular complexity index is 467. The molecule has 0 bridgehead atoms. The summed E-state index contributed by atoms with van der Waals surface area (Å²) in [7, 11) is 1.64. The Morgan fingerprint density at radius 1 is 0.606 bits per heavy atom. The normalized spacial score (nSPS) is 12.1. The molecule has 0 aromatic heterocycles. The molecule has 5 heteroatoms. The molecule has 0 aromatic rings. The van der Waals surface area contributed by atoms with Crippen molar-refractivity contribution < 1.29 is 19.1 Å². The van der Waals surface area contributed by atoms with E-state index in [9.17, 15) is 9.59 Å². The predicted octanol–water partition coefficient (Wildman–Crippen LogP) is 8.29. The topological polar surface area (TPSA) is 55.8 Å². The summed E-state index contributed by atoms with van der Waals surface area (Å²) in [4.78, 5) is 26.5. The number of amides is 1. The van der Waals surface area contributed by atoms with Crippen molar-refractivity contribution in [2.24, 2.45) is 5.92 Å². The summed E-state index contributed by atoms with van der Waals surface area (Å²) in [6, 6.07) is -0.602. The number of ether oxygens (including phenoxy) is 2. The Morgan fingerprint density at radius 2 is 0.970 bits per heavy atom. The van der Waals surface area contributed by atoms with E-state index in [0.29, 0.717) is 13.2 Å². The molecule has 0 radical (unpaired) electrons. The van der Waals surface area contributed by atoms with E-state index in [0.717, 1.165) is 25.7 Å². The lowest BCUT2D eigenvalue weighted by atomic mass is 10.0. The average molecular weight is 470 g/mol. The zero-order valence-electron chi connectivity index (χ0n) is 22.7. The second-order valence-electron chi connectivity index (χ2n) is 9.88. The SMILES string of the molecule is CCCCCCCCCCCOC(=O)C(C(C)C)N(C)C(=O)OCCCCCCCCCC. The molecule has 0 aromatic carbocycles. The van der Waals surface area contributed by atoms with Gasteiger partial charge in [0, 0.05) is 7.05 Å². The highest BCUT2D eigenvalue weighted by Gasteiger charge is 2.32. The first-order chi connectivity index (χ1) is 16.0. The van der Waals surface area contributed by atoms with Crippen molar-refractivity contribution in [3.05, 3.63) is 0 Å². The van der Waals surface area contributed by atoms with Crippen LogP contribution in [0.2, 0.25) is 0 Å². The van der Waals surface area contributed by atoms with Gasteiger partial charge in [0.05, 0.1) is 13.2 Å². The van der Waals surface area contributed by atoms with E-state index in [1.54, 1.807) is 7.05 Å². The van der Waals surface area contributed by atoms with Crippen LogP contribution in [-0.4, -0.2) is 43.3 Å². The van der Waals surface area contributed by atoms with Crippen molar-refractivity contribution in [1.82, 2.24) is 4.90 Å². The summed E-state index contributed by atoms with van der Waals surface area (Å²) in [6.45, 7) is 9.19. The van der Waals surface area contributed by atoms with Crippen LogP contribution in [0.15, 0.2) is 0 Å². The van der Waals surface area contributed by atoms with Crippen molar-refractivity contribution in [3.8, 4) is 0 Å². The Morgan fingerprint density at radius 3 is 1.36 bits per heavy atom. The first-order valence-electron chi connectivity index (χ1n) is 14.0. The number of hydrogen-bond acceptors (Lipinski definition) is 4. The van der Waals surface area contributed by atoms with Crippen LogP contribution in [-0.2, 0) is 14.3 Å². The maximum Gasteiger partial charge on any atom is 0.410 e. The molecule has 1 atom stereocenters. The summed E-state index contributed by atoms with van der Waals surface area (Å²) >= 11 is 0. The second-order valence-corrected chi connectivity index (χ2v) is 9.88. The Balaban J connectivity index is 4.00. The van der Waals surface area contributed by atoms with E-state index >= 15 is 0 Å². The van der Waals surface area contributed by atoms with Gasteiger partial charge in [-0.25, -0.2) is 9.59 Å². The molecule has 0 rings (SSSR count). The lowest BCUT2D eigenvalue weighted by Gasteiger charge is -2.28. The number of nitrogens with zero attached hydrogens (tertiary/aromatic N) is 1. The number of hydrogen-bond donors (Lipinski definition) is 0. The minimum Gasteiger partial charge on any atom is -0.464 e. The largest absolute Gasteiger partial charge is 0.464 e. The number of rotatable bonds is 22. The summed E-state index contributed by atoms with van der Waals surface area (Å²) in [6.07, 6.45) is 20.2. The van der Waals surface area contributed by atoms with Crippen LogP contribution in [0.5, 0.6) is 0 Å². The van der Waals surface area contributed by atoms with E-state index in [-0.39, 0.29) is 11.9 Å². The lowest BCUT2D eigenvalue weighted by Crippen LogP contribution is -2.46.